The first-order chi connectivity index (χ1) is 16.5. The Morgan fingerprint density at radius 1 is 1.41 bits per heavy atom. The van der Waals surface area contributed by atoms with E-state index in [0.717, 1.165) is 19.4 Å². The summed E-state index contributed by atoms with van der Waals surface area (Å²) in [6.07, 6.45) is 4.75. The fraction of sp³-hybridized carbons (Fsp3) is 0.429. The predicted octanol–water partition coefficient (Wildman–Crippen LogP) is 1.48. The van der Waals surface area contributed by atoms with Gasteiger partial charge in [0.1, 0.15) is 0 Å². The Kier molecular flexibility index (Phi) is 7.01. The summed E-state index contributed by atoms with van der Waals surface area (Å²) in [5.74, 6) is 0.0267. The van der Waals surface area contributed by atoms with Crippen LogP contribution in [0, 0.1) is 0 Å². The molecule has 1 aromatic carbocycles. The van der Waals surface area contributed by atoms with Crippen molar-refractivity contribution in [3.63, 3.8) is 0 Å². The maximum atomic E-state index is 13.0. The number of phenolic OH excluding ortho intramolecular Hbond substituents is 1. The molecule has 0 aliphatic carbocycles. The van der Waals surface area contributed by atoms with Crippen molar-refractivity contribution < 1.29 is 19.3 Å². The summed E-state index contributed by atoms with van der Waals surface area (Å²) in [4.78, 5) is 15.2. The molecule has 1 aliphatic rings. The fourth-order valence-corrected chi connectivity index (χ4v) is 3.81. The summed E-state index contributed by atoms with van der Waals surface area (Å²) in [7, 11) is 0. The van der Waals surface area contributed by atoms with Crippen molar-refractivity contribution >= 4 is 17.9 Å². The molecule has 1 aliphatic heterocycles. The Morgan fingerprint density at radius 2 is 2.26 bits per heavy atom. The molecule has 13 nitrogen and oxygen atoms in total. The molecule has 0 radical (unpaired) electrons. The van der Waals surface area contributed by atoms with Crippen molar-refractivity contribution in [2.45, 2.75) is 45.7 Å². The summed E-state index contributed by atoms with van der Waals surface area (Å²) in [5.41, 5.74) is 9.57. The van der Waals surface area contributed by atoms with Gasteiger partial charge in [-0.1, -0.05) is 11.6 Å². The first-order valence-electron chi connectivity index (χ1n) is 11.0. The summed E-state index contributed by atoms with van der Waals surface area (Å²) in [6.45, 7) is 5.68. The van der Waals surface area contributed by atoms with Crippen molar-refractivity contribution in [2.75, 3.05) is 18.9 Å². The quantitative estimate of drug-likeness (QED) is 0.324. The number of carbonyl (C=O) groups excluding carboxylic acids is 1. The van der Waals surface area contributed by atoms with Crippen LogP contribution in [0.4, 0.5) is 5.82 Å². The first-order valence-corrected chi connectivity index (χ1v) is 11.0. The van der Waals surface area contributed by atoms with E-state index < -0.39 is 5.91 Å². The lowest BCUT2D eigenvalue weighted by molar-refractivity contribution is 0.0945. The Hall–Kier alpha value is -4.00. The molecule has 2 aromatic heterocycles. The van der Waals surface area contributed by atoms with Crippen LogP contribution in [-0.2, 0) is 6.54 Å². The van der Waals surface area contributed by atoms with E-state index in [9.17, 15) is 9.90 Å². The topological polar surface area (TPSA) is 170 Å². The Morgan fingerprint density at radius 3 is 3.00 bits per heavy atom. The smallest absolute Gasteiger partial charge is 0.293 e. The van der Waals surface area contributed by atoms with Gasteiger partial charge in [0, 0.05) is 12.6 Å². The fourth-order valence-electron chi connectivity index (χ4n) is 3.81. The highest BCUT2D eigenvalue weighted by Crippen LogP contribution is 2.26. The van der Waals surface area contributed by atoms with Gasteiger partial charge in [0.25, 0.3) is 5.91 Å². The van der Waals surface area contributed by atoms with Crippen LogP contribution in [-0.4, -0.2) is 66.6 Å². The number of piperidine rings is 1. The van der Waals surface area contributed by atoms with Crippen molar-refractivity contribution in [3.8, 4) is 17.3 Å². The van der Waals surface area contributed by atoms with Gasteiger partial charge in [-0.25, -0.2) is 10.1 Å². The number of nitrogen functional groups attached to an aromatic ring is 1. The number of nitrogens with one attached hydrogen (secondary N) is 1. The molecule has 3 aromatic rings. The van der Waals surface area contributed by atoms with Gasteiger partial charge in [0.2, 0.25) is 11.6 Å². The van der Waals surface area contributed by atoms with Gasteiger partial charge in [-0.3, -0.25) is 9.69 Å². The normalized spacial score (nSPS) is 16.7. The largest absolute Gasteiger partial charge is 0.504 e. The molecular weight excluding hydrogens is 442 g/mol. The monoisotopic (exact) mass is 469 g/mol. The zero-order valence-electron chi connectivity index (χ0n) is 19.0. The van der Waals surface area contributed by atoms with Gasteiger partial charge in [0.15, 0.2) is 17.2 Å². The van der Waals surface area contributed by atoms with E-state index in [1.807, 2.05) is 6.92 Å². The lowest BCUT2D eigenvalue weighted by Crippen LogP contribution is -2.38. The highest BCUT2D eigenvalue weighted by atomic mass is 16.6. The number of hydrogen-bond donors (Lipinski definition) is 3. The number of carbonyl (C=O) groups is 1. The molecule has 1 amide bonds. The number of hydrazone groups is 1. The van der Waals surface area contributed by atoms with Crippen LogP contribution in [0.5, 0.6) is 11.5 Å². The molecule has 0 spiro atoms. The van der Waals surface area contributed by atoms with Gasteiger partial charge in [-0.15, -0.1) is 5.10 Å². The van der Waals surface area contributed by atoms with Gasteiger partial charge in [0.05, 0.1) is 18.5 Å². The van der Waals surface area contributed by atoms with Gasteiger partial charge in [-0.2, -0.15) is 9.78 Å². The molecule has 0 saturated carbocycles. The molecule has 4 rings (SSSR count). The minimum atomic E-state index is -0.541. The molecule has 1 fully saturated rings. The third kappa shape index (κ3) is 4.98. The summed E-state index contributed by atoms with van der Waals surface area (Å²) >= 11 is 0. The van der Waals surface area contributed by atoms with E-state index in [1.54, 1.807) is 12.1 Å². The molecule has 180 valence electrons. The zero-order chi connectivity index (χ0) is 24.1. The predicted molar refractivity (Wildman–Crippen MR) is 122 cm³/mol. The van der Waals surface area contributed by atoms with Gasteiger partial charge in [-0.05, 0) is 67.3 Å². The van der Waals surface area contributed by atoms with E-state index in [4.69, 9.17) is 15.1 Å². The first kappa shape index (κ1) is 23.2. The number of rotatable bonds is 8. The summed E-state index contributed by atoms with van der Waals surface area (Å²) < 4.78 is 11.4. The van der Waals surface area contributed by atoms with E-state index in [-0.39, 0.29) is 23.1 Å². The van der Waals surface area contributed by atoms with Crippen molar-refractivity contribution in [1.82, 2.24) is 35.6 Å². The summed E-state index contributed by atoms with van der Waals surface area (Å²) in [5, 5.41) is 29.4. The van der Waals surface area contributed by atoms with Crippen LogP contribution in [0.25, 0.3) is 5.82 Å². The van der Waals surface area contributed by atoms with Crippen molar-refractivity contribution in [3.05, 3.63) is 35.2 Å². The minimum absolute atomic E-state index is 0.0258. The molecule has 1 unspecified atom stereocenters. The molecule has 4 N–H and O–H groups in total. The lowest BCUT2D eigenvalue weighted by atomic mass is 10.0. The number of aromatic nitrogens is 5. The average Bonchev–Trinajstić information content (AvgIpc) is 3.43. The number of likely N-dealkylation sites (tertiary alicyclic amines) is 1. The highest BCUT2D eigenvalue weighted by molar-refractivity contribution is 5.94. The third-order valence-corrected chi connectivity index (χ3v) is 5.63. The highest BCUT2D eigenvalue weighted by Gasteiger charge is 2.28. The Labute approximate surface area is 195 Å². The molecule has 3 heterocycles. The number of hydrogen-bond acceptors (Lipinski definition) is 11. The third-order valence-electron chi connectivity index (χ3n) is 5.63. The second kappa shape index (κ2) is 10.3. The lowest BCUT2D eigenvalue weighted by Gasteiger charge is -2.33. The number of ether oxygens (including phenoxy) is 1. The van der Waals surface area contributed by atoms with Crippen LogP contribution in [0.1, 0.15) is 54.9 Å². The van der Waals surface area contributed by atoms with Crippen LogP contribution in [0.2, 0.25) is 0 Å². The van der Waals surface area contributed by atoms with Gasteiger partial charge < -0.3 is 15.6 Å². The molecule has 1 saturated heterocycles. The number of amides is 1. The van der Waals surface area contributed by atoms with Crippen molar-refractivity contribution in [2.24, 2.45) is 5.10 Å². The Bertz CT molecular complexity index is 1170. The van der Waals surface area contributed by atoms with Crippen LogP contribution >= 0.6 is 0 Å². The molecular formula is C21H27N9O4. The SMILES string of the molecule is CCOc1cc(C=NNC(=O)c2nnn(-c3nonc3N)c2CN2CCCCC2C)ccc1O. The van der Waals surface area contributed by atoms with Crippen LogP contribution < -0.4 is 15.9 Å². The number of anilines is 1. The van der Waals surface area contributed by atoms with Gasteiger partial charge >= 0.3 is 0 Å². The second-order valence-corrected chi connectivity index (χ2v) is 7.94. The van der Waals surface area contributed by atoms with E-state index in [2.05, 4.69) is 43.0 Å². The second-order valence-electron chi connectivity index (χ2n) is 7.94. The number of aromatic hydroxyl groups is 1. The van der Waals surface area contributed by atoms with Crippen molar-refractivity contribution in [1.29, 1.82) is 0 Å². The van der Waals surface area contributed by atoms with E-state index >= 15 is 0 Å². The standard InChI is InChI=1S/C21H27N9O4/c1-3-33-17-10-14(7-8-16(17)31)11-23-25-21(32)18-15(12-29-9-5-4-6-13(29)2)30(28-24-18)20-19(22)26-34-27-20/h7-8,10-11,13,31H,3-6,9,12H2,1-2H3,(H2,22,26)(H,25,32). The van der Waals surface area contributed by atoms with E-state index in [0.29, 0.717) is 36.2 Å². The van der Waals surface area contributed by atoms with E-state index in [1.165, 1.54) is 23.4 Å². The summed E-state index contributed by atoms with van der Waals surface area (Å²) in [6, 6.07) is 5.10. The molecule has 0 bridgehead atoms. The number of nitrogens with two attached hydrogens (primary N) is 1. The Balaban J connectivity index is 1.56. The molecule has 13 heteroatoms. The number of nitrogens with zero attached hydrogens (tertiary/aromatic N) is 7. The maximum absolute atomic E-state index is 13.0. The maximum Gasteiger partial charge on any atom is 0.293 e. The molecule has 34 heavy (non-hydrogen) atoms. The number of phenols is 1. The number of benzene rings is 1. The minimum Gasteiger partial charge on any atom is -0.504 e. The van der Waals surface area contributed by atoms with Crippen LogP contribution in [0.3, 0.4) is 0 Å². The average molecular weight is 470 g/mol. The molecule has 1 atom stereocenters. The van der Waals surface area contributed by atoms with Crippen LogP contribution in [0.15, 0.2) is 27.9 Å². The zero-order valence-corrected chi connectivity index (χ0v) is 19.0.